The molecule has 5 heteroatoms. The lowest BCUT2D eigenvalue weighted by Crippen LogP contribution is -2.16. The van der Waals surface area contributed by atoms with Crippen LogP contribution < -0.4 is 10.5 Å². The highest BCUT2D eigenvalue weighted by atomic mass is 19.3. The minimum Gasteiger partial charge on any atom is -0.434 e. The summed E-state index contributed by atoms with van der Waals surface area (Å²) >= 11 is 0. The Morgan fingerprint density at radius 3 is 2.45 bits per heavy atom. The van der Waals surface area contributed by atoms with Crippen LogP contribution in [-0.2, 0) is 0 Å². The van der Waals surface area contributed by atoms with Crippen molar-refractivity contribution in [1.29, 1.82) is 0 Å². The number of halogens is 3. The largest absolute Gasteiger partial charge is 0.434 e. The third-order valence-electron chi connectivity index (χ3n) is 2.96. The van der Waals surface area contributed by atoms with Crippen molar-refractivity contribution in [2.24, 2.45) is 5.73 Å². The van der Waals surface area contributed by atoms with E-state index in [0.717, 1.165) is 5.56 Å². The lowest BCUT2D eigenvalue weighted by Gasteiger charge is -2.18. The van der Waals surface area contributed by atoms with Crippen LogP contribution in [0.25, 0.3) is 0 Å². The second kappa shape index (κ2) is 5.96. The maximum Gasteiger partial charge on any atom is 0.387 e. The summed E-state index contributed by atoms with van der Waals surface area (Å²) in [5, 5.41) is 0. The summed E-state index contributed by atoms with van der Waals surface area (Å²) in [6.07, 6.45) is 0. The molecule has 2 nitrogen and oxygen atoms in total. The van der Waals surface area contributed by atoms with E-state index < -0.39 is 18.5 Å². The van der Waals surface area contributed by atoms with Crippen molar-refractivity contribution < 1.29 is 17.9 Å². The van der Waals surface area contributed by atoms with Gasteiger partial charge in [0.2, 0.25) is 0 Å². The summed E-state index contributed by atoms with van der Waals surface area (Å²) in [5.74, 6) is -0.522. The molecule has 0 bridgehead atoms. The average Bonchev–Trinajstić information content (AvgIpc) is 2.41. The van der Waals surface area contributed by atoms with Crippen molar-refractivity contribution in [3.63, 3.8) is 0 Å². The number of alkyl halides is 2. The zero-order valence-electron chi connectivity index (χ0n) is 10.8. The van der Waals surface area contributed by atoms with E-state index in [1.165, 1.54) is 12.1 Å². The first-order valence-corrected chi connectivity index (χ1v) is 6.04. The fourth-order valence-electron chi connectivity index (χ4n) is 2.01. The molecule has 0 saturated carbocycles. The summed E-state index contributed by atoms with van der Waals surface area (Å²) in [6.45, 7) is -1.15. The van der Waals surface area contributed by atoms with Gasteiger partial charge in [0, 0.05) is 11.1 Å². The zero-order valence-corrected chi connectivity index (χ0v) is 10.8. The summed E-state index contributed by atoms with van der Waals surface area (Å²) in [4.78, 5) is 0. The van der Waals surface area contributed by atoms with Crippen LogP contribution in [0.5, 0.6) is 5.75 Å². The molecule has 0 spiro atoms. The first-order valence-electron chi connectivity index (χ1n) is 6.04. The molecule has 2 N–H and O–H groups in total. The van der Waals surface area contributed by atoms with Gasteiger partial charge in [-0.3, -0.25) is 0 Å². The molecule has 0 amide bonds. The first-order chi connectivity index (χ1) is 9.49. The Kier molecular flexibility index (Phi) is 4.29. The summed E-state index contributed by atoms with van der Waals surface area (Å²) < 4.78 is 43.0. The molecule has 0 aliphatic carbocycles. The van der Waals surface area contributed by atoms with Crippen LogP contribution in [0.3, 0.4) is 0 Å². The van der Waals surface area contributed by atoms with E-state index in [1.54, 1.807) is 37.3 Å². The van der Waals surface area contributed by atoms with Gasteiger partial charge in [-0.1, -0.05) is 35.9 Å². The van der Waals surface area contributed by atoms with Crippen LogP contribution in [0.4, 0.5) is 13.2 Å². The van der Waals surface area contributed by atoms with E-state index in [4.69, 9.17) is 5.73 Å². The standard InChI is InChI=1S/C15H14F3NO/c1-9-6-7-12(16)11(8-9)14(19)10-4-2-3-5-13(10)20-15(17)18/h2-8,14-15H,19H2,1H3. The highest BCUT2D eigenvalue weighted by Crippen LogP contribution is 2.30. The van der Waals surface area contributed by atoms with Crippen molar-refractivity contribution in [1.82, 2.24) is 0 Å². The number of benzene rings is 2. The molecule has 0 aliphatic rings. The first kappa shape index (κ1) is 14.4. The predicted molar refractivity (Wildman–Crippen MR) is 70.2 cm³/mol. The molecule has 0 fully saturated rings. The molecule has 1 unspecified atom stereocenters. The molecule has 0 aliphatic heterocycles. The number of ether oxygens (including phenoxy) is 1. The molecular formula is C15H14F3NO. The molecule has 1 atom stereocenters. The molecule has 2 rings (SSSR count). The summed E-state index contributed by atoms with van der Waals surface area (Å²) in [6, 6.07) is 9.78. The van der Waals surface area contributed by atoms with E-state index in [-0.39, 0.29) is 11.3 Å². The van der Waals surface area contributed by atoms with E-state index in [1.807, 2.05) is 0 Å². The number of hydrogen-bond acceptors (Lipinski definition) is 2. The van der Waals surface area contributed by atoms with Gasteiger partial charge in [0.15, 0.2) is 0 Å². The lowest BCUT2D eigenvalue weighted by atomic mass is 9.97. The quantitative estimate of drug-likeness (QED) is 0.925. The topological polar surface area (TPSA) is 35.2 Å². The number of para-hydroxylation sites is 1. The van der Waals surface area contributed by atoms with Crippen LogP contribution >= 0.6 is 0 Å². The maximum absolute atomic E-state index is 13.8. The van der Waals surface area contributed by atoms with Crippen LogP contribution in [0, 0.1) is 12.7 Å². The number of hydrogen-bond donors (Lipinski definition) is 1. The number of nitrogens with two attached hydrogens (primary N) is 1. The number of rotatable bonds is 4. The van der Waals surface area contributed by atoms with Crippen LogP contribution in [0.2, 0.25) is 0 Å². The van der Waals surface area contributed by atoms with E-state index in [2.05, 4.69) is 4.74 Å². The van der Waals surface area contributed by atoms with Gasteiger partial charge in [0.25, 0.3) is 0 Å². The van der Waals surface area contributed by atoms with E-state index >= 15 is 0 Å². The minimum absolute atomic E-state index is 0.0455. The van der Waals surface area contributed by atoms with Gasteiger partial charge in [-0.05, 0) is 19.1 Å². The maximum atomic E-state index is 13.8. The average molecular weight is 281 g/mol. The van der Waals surface area contributed by atoms with Gasteiger partial charge in [-0.15, -0.1) is 0 Å². The molecular weight excluding hydrogens is 267 g/mol. The molecule has 20 heavy (non-hydrogen) atoms. The molecule has 0 heterocycles. The molecule has 0 saturated heterocycles. The highest BCUT2D eigenvalue weighted by molar-refractivity contribution is 5.42. The zero-order chi connectivity index (χ0) is 14.7. The van der Waals surface area contributed by atoms with Crippen molar-refractivity contribution in [3.05, 3.63) is 65.0 Å². The molecule has 0 radical (unpaired) electrons. The smallest absolute Gasteiger partial charge is 0.387 e. The van der Waals surface area contributed by atoms with E-state index in [0.29, 0.717) is 5.56 Å². The Balaban J connectivity index is 2.42. The van der Waals surface area contributed by atoms with E-state index in [9.17, 15) is 13.2 Å². The third kappa shape index (κ3) is 3.11. The third-order valence-corrected chi connectivity index (χ3v) is 2.96. The number of aryl methyl sites for hydroxylation is 1. The van der Waals surface area contributed by atoms with Gasteiger partial charge >= 0.3 is 6.61 Å². The van der Waals surface area contributed by atoms with Crippen molar-refractivity contribution in [3.8, 4) is 5.75 Å². The van der Waals surface area contributed by atoms with Crippen LogP contribution in [0.1, 0.15) is 22.7 Å². The Bertz CT molecular complexity index is 601. The molecule has 2 aromatic carbocycles. The van der Waals surface area contributed by atoms with Crippen molar-refractivity contribution >= 4 is 0 Å². The Labute approximate surface area is 115 Å². The fraction of sp³-hybridized carbons (Fsp3) is 0.200. The van der Waals surface area contributed by atoms with Gasteiger partial charge in [0.05, 0.1) is 6.04 Å². The van der Waals surface area contributed by atoms with Crippen molar-refractivity contribution in [2.75, 3.05) is 0 Å². The normalized spacial score (nSPS) is 12.5. The minimum atomic E-state index is -2.95. The highest BCUT2D eigenvalue weighted by Gasteiger charge is 2.19. The van der Waals surface area contributed by atoms with Gasteiger partial charge in [-0.2, -0.15) is 8.78 Å². The molecule has 106 valence electrons. The fourth-order valence-corrected chi connectivity index (χ4v) is 2.01. The summed E-state index contributed by atoms with van der Waals surface area (Å²) in [7, 11) is 0. The second-order valence-electron chi connectivity index (χ2n) is 4.42. The monoisotopic (exact) mass is 281 g/mol. The Morgan fingerprint density at radius 1 is 1.05 bits per heavy atom. The Hall–Kier alpha value is -2.01. The lowest BCUT2D eigenvalue weighted by molar-refractivity contribution is -0.0505. The van der Waals surface area contributed by atoms with Gasteiger partial charge < -0.3 is 10.5 Å². The molecule has 0 aromatic heterocycles. The van der Waals surface area contributed by atoms with Crippen LogP contribution in [0.15, 0.2) is 42.5 Å². The second-order valence-corrected chi connectivity index (χ2v) is 4.42. The predicted octanol–water partition coefficient (Wildman–Crippen LogP) is 3.78. The Morgan fingerprint density at radius 2 is 1.75 bits per heavy atom. The van der Waals surface area contributed by atoms with Gasteiger partial charge in [-0.25, -0.2) is 4.39 Å². The SMILES string of the molecule is Cc1ccc(F)c(C(N)c2ccccc2OC(F)F)c1. The van der Waals surface area contributed by atoms with Crippen LogP contribution in [-0.4, -0.2) is 6.61 Å². The van der Waals surface area contributed by atoms with Gasteiger partial charge in [0.1, 0.15) is 11.6 Å². The summed E-state index contributed by atoms with van der Waals surface area (Å²) in [5.41, 5.74) is 7.40. The molecule has 2 aromatic rings. The van der Waals surface area contributed by atoms with Crippen molar-refractivity contribution in [2.45, 2.75) is 19.6 Å².